The van der Waals surface area contributed by atoms with Crippen molar-refractivity contribution in [2.45, 2.75) is 18.9 Å². The zero-order valence-electron chi connectivity index (χ0n) is 16.2. The van der Waals surface area contributed by atoms with Gasteiger partial charge in [-0.2, -0.15) is 0 Å². The molecule has 0 bridgehead atoms. The number of nitrogens with one attached hydrogen (secondary N) is 1. The highest BCUT2D eigenvalue weighted by atomic mass is 16.5. The molecule has 7 nitrogen and oxygen atoms in total. The van der Waals surface area contributed by atoms with E-state index < -0.39 is 0 Å². The van der Waals surface area contributed by atoms with E-state index in [4.69, 9.17) is 9.47 Å². The second kappa shape index (κ2) is 10.1. The van der Waals surface area contributed by atoms with Crippen molar-refractivity contribution in [1.29, 1.82) is 0 Å². The number of nitrogens with zero attached hydrogens (tertiary/aromatic N) is 2. The lowest BCUT2D eigenvalue weighted by Crippen LogP contribution is -2.47. The number of benzene rings is 1. The summed E-state index contributed by atoms with van der Waals surface area (Å²) in [5, 5.41) is 3.08. The molecular weight excluding hydrogens is 358 g/mol. The van der Waals surface area contributed by atoms with Gasteiger partial charge in [-0.3, -0.25) is 9.59 Å². The smallest absolute Gasteiger partial charge is 0.251 e. The van der Waals surface area contributed by atoms with Crippen molar-refractivity contribution < 1.29 is 19.1 Å². The number of hydrogen-bond acceptors (Lipinski definition) is 4. The standard InChI is InChI=1S/C21H27N3O4/c1-27-14-15-28-16-20(25)24-12-8-18(9-13-24)22-21(26)17-4-6-19(7-5-17)23-10-2-3-11-23/h2-7,10-11,18H,8-9,12-16H2,1H3,(H,22,26). The summed E-state index contributed by atoms with van der Waals surface area (Å²) < 4.78 is 12.2. The van der Waals surface area contributed by atoms with Gasteiger partial charge in [-0.1, -0.05) is 0 Å². The average Bonchev–Trinajstić information content (AvgIpc) is 3.26. The summed E-state index contributed by atoms with van der Waals surface area (Å²) in [6.07, 6.45) is 5.42. The molecule has 2 aromatic rings. The molecule has 1 saturated heterocycles. The largest absolute Gasteiger partial charge is 0.382 e. The first-order valence-corrected chi connectivity index (χ1v) is 9.56. The fourth-order valence-electron chi connectivity index (χ4n) is 3.23. The van der Waals surface area contributed by atoms with Crippen molar-refractivity contribution in [2.75, 3.05) is 40.0 Å². The van der Waals surface area contributed by atoms with E-state index in [0.717, 1.165) is 18.5 Å². The van der Waals surface area contributed by atoms with E-state index >= 15 is 0 Å². The van der Waals surface area contributed by atoms with Crippen LogP contribution in [-0.4, -0.2) is 67.3 Å². The zero-order valence-corrected chi connectivity index (χ0v) is 16.2. The third-order valence-corrected chi connectivity index (χ3v) is 4.87. The molecule has 3 rings (SSSR count). The first-order valence-electron chi connectivity index (χ1n) is 9.56. The van der Waals surface area contributed by atoms with Gasteiger partial charge in [0.1, 0.15) is 6.61 Å². The average molecular weight is 385 g/mol. The number of hydrogen-bond donors (Lipinski definition) is 1. The summed E-state index contributed by atoms with van der Waals surface area (Å²) in [5.74, 6) is -0.0896. The first-order chi connectivity index (χ1) is 13.7. The summed E-state index contributed by atoms with van der Waals surface area (Å²) in [7, 11) is 1.60. The predicted molar refractivity (Wildman–Crippen MR) is 106 cm³/mol. The van der Waals surface area contributed by atoms with Crippen LogP contribution in [0.3, 0.4) is 0 Å². The number of likely N-dealkylation sites (tertiary alicyclic amines) is 1. The number of ether oxygens (including phenoxy) is 2. The van der Waals surface area contributed by atoms with Crippen molar-refractivity contribution in [2.24, 2.45) is 0 Å². The van der Waals surface area contributed by atoms with Crippen LogP contribution < -0.4 is 5.32 Å². The van der Waals surface area contributed by atoms with Crippen LogP contribution in [-0.2, 0) is 14.3 Å². The summed E-state index contributed by atoms with van der Waals surface area (Å²) in [4.78, 5) is 26.4. The number of rotatable bonds is 8. The summed E-state index contributed by atoms with van der Waals surface area (Å²) in [6, 6.07) is 11.5. The van der Waals surface area contributed by atoms with Gasteiger partial charge in [0.25, 0.3) is 5.91 Å². The molecule has 2 amide bonds. The molecular formula is C21H27N3O4. The van der Waals surface area contributed by atoms with Crippen LogP contribution in [0.15, 0.2) is 48.8 Å². The van der Waals surface area contributed by atoms with Gasteiger partial charge in [0, 0.05) is 49.9 Å². The van der Waals surface area contributed by atoms with Gasteiger partial charge in [0.05, 0.1) is 13.2 Å². The number of amides is 2. The molecule has 1 aromatic carbocycles. The molecule has 0 saturated carbocycles. The van der Waals surface area contributed by atoms with Crippen molar-refractivity contribution in [3.63, 3.8) is 0 Å². The summed E-state index contributed by atoms with van der Waals surface area (Å²) >= 11 is 0. The van der Waals surface area contributed by atoms with Crippen molar-refractivity contribution in [1.82, 2.24) is 14.8 Å². The van der Waals surface area contributed by atoms with Crippen molar-refractivity contribution >= 4 is 11.8 Å². The zero-order chi connectivity index (χ0) is 19.8. The fraction of sp³-hybridized carbons (Fsp3) is 0.429. The van der Waals surface area contributed by atoms with Crippen molar-refractivity contribution in [3.8, 4) is 5.69 Å². The minimum absolute atomic E-state index is 0.0125. The molecule has 1 aromatic heterocycles. The molecule has 7 heteroatoms. The SMILES string of the molecule is COCCOCC(=O)N1CCC(NC(=O)c2ccc(-n3cccc3)cc2)CC1. The Bertz CT molecular complexity index is 750. The van der Waals surface area contributed by atoms with E-state index in [2.05, 4.69) is 5.32 Å². The van der Waals surface area contributed by atoms with Gasteiger partial charge in [-0.25, -0.2) is 0 Å². The van der Waals surface area contributed by atoms with Gasteiger partial charge in [-0.15, -0.1) is 0 Å². The van der Waals surface area contributed by atoms with Crippen LogP contribution in [0.1, 0.15) is 23.2 Å². The molecule has 0 unspecified atom stereocenters. The number of aromatic nitrogens is 1. The van der Waals surface area contributed by atoms with Gasteiger partial charge < -0.3 is 24.3 Å². The van der Waals surface area contributed by atoms with Gasteiger partial charge in [0.2, 0.25) is 5.91 Å². The number of methoxy groups -OCH3 is 1. The van der Waals surface area contributed by atoms with Gasteiger partial charge >= 0.3 is 0 Å². The maximum atomic E-state index is 12.5. The van der Waals surface area contributed by atoms with Crippen LogP contribution in [0.4, 0.5) is 0 Å². The minimum atomic E-state index is -0.0771. The van der Waals surface area contributed by atoms with E-state index in [0.29, 0.717) is 31.9 Å². The summed E-state index contributed by atoms with van der Waals surface area (Å²) in [6.45, 7) is 2.23. The Morgan fingerprint density at radius 2 is 1.75 bits per heavy atom. The Hall–Kier alpha value is -2.64. The molecule has 1 fully saturated rings. The molecule has 0 spiro atoms. The third-order valence-electron chi connectivity index (χ3n) is 4.87. The predicted octanol–water partition coefficient (Wildman–Crippen LogP) is 1.86. The molecule has 1 aliphatic heterocycles. The molecule has 1 aliphatic rings. The van der Waals surface area contributed by atoms with Gasteiger partial charge in [0.15, 0.2) is 0 Å². The number of carbonyl (C=O) groups excluding carboxylic acids is 2. The topological polar surface area (TPSA) is 72.8 Å². The number of carbonyl (C=O) groups is 2. The Kier molecular flexibility index (Phi) is 7.22. The second-order valence-electron chi connectivity index (χ2n) is 6.81. The highest BCUT2D eigenvalue weighted by Crippen LogP contribution is 2.13. The maximum absolute atomic E-state index is 12.5. The van der Waals surface area contributed by atoms with E-state index in [-0.39, 0.29) is 24.5 Å². The normalized spacial score (nSPS) is 14.8. The van der Waals surface area contributed by atoms with Crippen molar-refractivity contribution in [3.05, 3.63) is 54.4 Å². The molecule has 0 aliphatic carbocycles. The second-order valence-corrected chi connectivity index (χ2v) is 6.81. The van der Waals surface area contributed by atoms with Crippen LogP contribution in [0, 0.1) is 0 Å². The Labute approximate surface area is 165 Å². The molecule has 28 heavy (non-hydrogen) atoms. The monoisotopic (exact) mass is 385 g/mol. The minimum Gasteiger partial charge on any atom is -0.382 e. The third kappa shape index (κ3) is 5.43. The lowest BCUT2D eigenvalue weighted by molar-refractivity contribution is -0.137. The summed E-state index contributed by atoms with van der Waals surface area (Å²) in [5.41, 5.74) is 1.65. The highest BCUT2D eigenvalue weighted by molar-refractivity contribution is 5.94. The lowest BCUT2D eigenvalue weighted by Gasteiger charge is -2.32. The Morgan fingerprint density at radius 1 is 1.07 bits per heavy atom. The molecule has 0 atom stereocenters. The maximum Gasteiger partial charge on any atom is 0.251 e. The van der Waals surface area contributed by atoms with Crippen LogP contribution >= 0.6 is 0 Å². The van der Waals surface area contributed by atoms with E-state index in [1.807, 2.05) is 53.4 Å². The van der Waals surface area contributed by atoms with Crippen LogP contribution in [0.2, 0.25) is 0 Å². The lowest BCUT2D eigenvalue weighted by atomic mass is 10.0. The molecule has 150 valence electrons. The van der Waals surface area contributed by atoms with Gasteiger partial charge in [-0.05, 0) is 49.2 Å². The molecule has 0 radical (unpaired) electrons. The highest BCUT2D eigenvalue weighted by Gasteiger charge is 2.24. The van der Waals surface area contributed by atoms with E-state index in [9.17, 15) is 9.59 Å². The fourth-order valence-corrected chi connectivity index (χ4v) is 3.23. The molecule has 1 N–H and O–H groups in total. The Balaban J connectivity index is 1.43. The van der Waals surface area contributed by atoms with E-state index in [1.165, 1.54) is 0 Å². The number of piperidine rings is 1. The first kappa shape index (κ1) is 20.1. The quantitative estimate of drug-likeness (QED) is 0.704. The van der Waals surface area contributed by atoms with Crippen LogP contribution in [0.5, 0.6) is 0 Å². The Morgan fingerprint density at radius 3 is 2.39 bits per heavy atom. The van der Waals surface area contributed by atoms with Crippen LogP contribution in [0.25, 0.3) is 5.69 Å². The molecule has 2 heterocycles. The van der Waals surface area contributed by atoms with E-state index in [1.54, 1.807) is 12.0 Å².